The second-order valence-corrected chi connectivity index (χ2v) is 5.38. The Morgan fingerprint density at radius 1 is 1.29 bits per heavy atom. The van der Waals surface area contributed by atoms with Gasteiger partial charge in [-0.05, 0) is 45.3 Å². The number of nitrogens with two attached hydrogens (primary N) is 1. The van der Waals surface area contributed by atoms with Crippen molar-refractivity contribution in [3.8, 4) is 0 Å². The van der Waals surface area contributed by atoms with Crippen LogP contribution in [0.15, 0.2) is 24.3 Å². The first-order valence-corrected chi connectivity index (χ1v) is 6.98. The van der Waals surface area contributed by atoms with E-state index in [1.165, 1.54) is 17.0 Å². The molecule has 0 bridgehead atoms. The Kier molecular flexibility index (Phi) is 8.74. The summed E-state index contributed by atoms with van der Waals surface area (Å²) < 4.78 is 13.7. The van der Waals surface area contributed by atoms with Gasteiger partial charge in [-0.3, -0.25) is 15.1 Å². The highest BCUT2D eigenvalue weighted by Gasteiger charge is 2.20. The van der Waals surface area contributed by atoms with E-state index in [9.17, 15) is 9.18 Å². The fraction of sp³-hybridized carbons (Fsp3) is 0.333. The first kappa shape index (κ1) is 22.2. The molecule has 0 saturated carbocycles. The number of rotatable bonds is 5. The number of H-pyrrole nitrogens is 1. The van der Waals surface area contributed by atoms with Crippen molar-refractivity contribution in [3.63, 3.8) is 0 Å². The van der Waals surface area contributed by atoms with Crippen molar-refractivity contribution in [3.05, 3.63) is 35.8 Å². The topological polar surface area (TPSA) is 89.2 Å². The van der Waals surface area contributed by atoms with Gasteiger partial charge in [0.05, 0.1) is 0 Å². The number of aromatic nitrogens is 1. The molecule has 0 spiro atoms. The third kappa shape index (κ3) is 5.09. The molecule has 0 unspecified atom stereocenters. The monoisotopic (exact) mass is 377 g/mol. The van der Waals surface area contributed by atoms with Gasteiger partial charge in [0, 0.05) is 17.4 Å². The molecule has 2 aromatic rings. The number of hydrogen-bond donors (Lipinski definition) is 3. The summed E-state index contributed by atoms with van der Waals surface area (Å²) in [4.78, 5) is 18.5. The second kappa shape index (κ2) is 9.46. The van der Waals surface area contributed by atoms with Crippen LogP contribution in [0.2, 0.25) is 0 Å². The van der Waals surface area contributed by atoms with Gasteiger partial charge >= 0.3 is 0 Å². The number of carbonyl (C=O) groups is 1. The number of nitrogens with one attached hydrogen (secondary N) is 2. The van der Waals surface area contributed by atoms with Crippen LogP contribution in [0.4, 0.5) is 4.39 Å². The molecule has 0 aliphatic heterocycles. The predicted octanol–water partition coefficient (Wildman–Crippen LogP) is 2.44. The predicted molar refractivity (Wildman–Crippen MR) is 98.9 cm³/mol. The van der Waals surface area contributed by atoms with E-state index in [-0.39, 0.29) is 36.5 Å². The number of guanidine groups is 1. The molecular formula is C15H22Cl2FN5O. The van der Waals surface area contributed by atoms with Crippen molar-refractivity contribution in [2.75, 3.05) is 27.2 Å². The Morgan fingerprint density at radius 2 is 1.96 bits per heavy atom. The van der Waals surface area contributed by atoms with Crippen molar-refractivity contribution in [1.82, 2.24) is 14.8 Å². The van der Waals surface area contributed by atoms with Gasteiger partial charge in [0.1, 0.15) is 11.5 Å². The minimum atomic E-state index is -0.429. The van der Waals surface area contributed by atoms with Crippen molar-refractivity contribution in [2.24, 2.45) is 5.73 Å². The summed E-state index contributed by atoms with van der Waals surface area (Å²) in [5, 5.41) is 7.92. The second-order valence-electron chi connectivity index (χ2n) is 5.38. The highest BCUT2D eigenvalue weighted by molar-refractivity contribution is 6.05. The summed E-state index contributed by atoms with van der Waals surface area (Å²) in [6.45, 7) is 1.11. The van der Waals surface area contributed by atoms with Crippen LogP contribution < -0.4 is 5.73 Å². The number of benzene rings is 1. The zero-order chi connectivity index (χ0) is 16.3. The highest BCUT2D eigenvalue weighted by atomic mass is 35.5. The number of fused-ring (bicyclic) bond motifs is 1. The summed E-state index contributed by atoms with van der Waals surface area (Å²) >= 11 is 0. The summed E-state index contributed by atoms with van der Waals surface area (Å²) in [6.07, 6.45) is 0.687. The molecule has 1 aromatic heterocycles. The Morgan fingerprint density at radius 3 is 2.50 bits per heavy atom. The average molecular weight is 378 g/mol. The molecule has 0 aliphatic carbocycles. The maximum atomic E-state index is 13.7. The molecule has 0 fully saturated rings. The largest absolute Gasteiger partial charge is 0.370 e. The lowest BCUT2D eigenvalue weighted by Crippen LogP contribution is -2.42. The zero-order valence-electron chi connectivity index (χ0n) is 13.5. The molecule has 24 heavy (non-hydrogen) atoms. The number of hydrogen-bond acceptors (Lipinski definition) is 3. The van der Waals surface area contributed by atoms with Gasteiger partial charge in [-0.15, -0.1) is 24.8 Å². The molecule has 1 amide bonds. The molecule has 1 heterocycles. The molecule has 0 aliphatic rings. The van der Waals surface area contributed by atoms with Crippen LogP contribution in [0.5, 0.6) is 0 Å². The molecule has 0 saturated heterocycles. The van der Waals surface area contributed by atoms with Crippen molar-refractivity contribution >= 4 is 47.6 Å². The quantitative estimate of drug-likeness (QED) is 0.552. The lowest BCUT2D eigenvalue weighted by molar-refractivity contribution is 0.0837. The van der Waals surface area contributed by atoms with E-state index in [0.717, 1.165) is 6.54 Å². The summed E-state index contributed by atoms with van der Waals surface area (Å²) in [5.41, 5.74) is 6.27. The smallest absolute Gasteiger partial charge is 0.277 e. The minimum absolute atomic E-state index is 0. The van der Waals surface area contributed by atoms with Crippen molar-refractivity contribution in [1.29, 1.82) is 5.41 Å². The van der Waals surface area contributed by atoms with Crippen LogP contribution in [0.3, 0.4) is 0 Å². The van der Waals surface area contributed by atoms with Crippen molar-refractivity contribution < 1.29 is 9.18 Å². The van der Waals surface area contributed by atoms with Gasteiger partial charge in [-0.2, -0.15) is 0 Å². The first-order chi connectivity index (χ1) is 10.4. The highest BCUT2D eigenvalue weighted by Crippen LogP contribution is 2.19. The van der Waals surface area contributed by atoms with Crippen molar-refractivity contribution in [2.45, 2.75) is 6.42 Å². The molecule has 9 heteroatoms. The Hall–Kier alpha value is -1.83. The standard InChI is InChI=1S/C15H20FN5O.2ClH/c1-20(2)7-4-8-21(15(17)18)14(22)13-9-10-11(16)5-3-6-12(10)19-13;;/h3,5-6,9,19H,4,7-8H2,1-2H3,(H3,17,18);2*1H. The van der Waals surface area contributed by atoms with Gasteiger partial charge in [0.15, 0.2) is 5.96 Å². The van der Waals surface area contributed by atoms with E-state index < -0.39 is 11.7 Å². The third-order valence-electron chi connectivity index (χ3n) is 3.36. The Labute approximate surface area is 152 Å². The molecule has 6 nitrogen and oxygen atoms in total. The first-order valence-electron chi connectivity index (χ1n) is 6.98. The van der Waals surface area contributed by atoms with Crippen LogP contribution in [-0.4, -0.2) is 53.8 Å². The van der Waals surface area contributed by atoms with E-state index in [4.69, 9.17) is 11.1 Å². The number of nitrogens with zero attached hydrogens (tertiary/aromatic N) is 2. The van der Waals surface area contributed by atoms with Gasteiger partial charge in [0.25, 0.3) is 5.91 Å². The van der Waals surface area contributed by atoms with Gasteiger partial charge in [0.2, 0.25) is 0 Å². The SMILES string of the molecule is CN(C)CCCN(C(=N)N)C(=O)c1cc2c(F)cccc2[nH]1.Cl.Cl. The van der Waals surface area contributed by atoms with Gasteiger partial charge in [-0.25, -0.2) is 4.39 Å². The Balaban J connectivity index is 0.00000264. The lowest BCUT2D eigenvalue weighted by atomic mass is 10.2. The van der Waals surface area contributed by atoms with E-state index in [0.29, 0.717) is 23.9 Å². The molecule has 4 N–H and O–H groups in total. The minimum Gasteiger partial charge on any atom is -0.370 e. The van der Waals surface area contributed by atoms with E-state index in [2.05, 4.69) is 4.98 Å². The van der Waals surface area contributed by atoms with Crippen LogP contribution in [0.25, 0.3) is 10.9 Å². The normalized spacial score (nSPS) is 10.2. The van der Waals surface area contributed by atoms with Crippen LogP contribution in [0, 0.1) is 11.2 Å². The van der Waals surface area contributed by atoms with E-state index >= 15 is 0 Å². The fourth-order valence-electron chi connectivity index (χ4n) is 2.26. The van der Waals surface area contributed by atoms with Crippen LogP contribution >= 0.6 is 24.8 Å². The maximum absolute atomic E-state index is 13.7. The molecular weight excluding hydrogens is 356 g/mol. The Bertz CT molecular complexity index is 704. The maximum Gasteiger partial charge on any atom is 0.277 e. The average Bonchev–Trinajstić information content (AvgIpc) is 2.88. The molecule has 134 valence electrons. The third-order valence-corrected chi connectivity index (χ3v) is 3.36. The van der Waals surface area contributed by atoms with Crippen LogP contribution in [0.1, 0.15) is 16.9 Å². The zero-order valence-corrected chi connectivity index (χ0v) is 15.1. The van der Waals surface area contributed by atoms with E-state index in [1.54, 1.807) is 12.1 Å². The molecule has 1 aromatic carbocycles. The summed E-state index contributed by atoms with van der Waals surface area (Å²) in [7, 11) is 3.86. The van der Waals surface area contributed by atoms with Crippen LogP contribution in [-0.2, 0) is 0 Å². The number of amides is 1. The number of halogens is 3. The summed E-state index contributed by atoms with van der Waals surface area (Å²) in [5.74, 6) is -1.14. The fourth-order valence-corrected chi connectivity index (χ4v) is 2.26. The molecule has 2 rings (SSSR count). The molecule has 0 atom stereocenters. The molecule has 0 radical (unpaired) electrons. The van der Waals surface area contributed by atoms with Gasteiger partial charge in [-0.1, -0.05) is 6.07 Å². The number of aromatic amines is 1. The van der Waals surface area contributed by atoms with E-state index in [1.807, 2.05) is 19.0 Å². The van der Waals surface area contributed by atoms with Gasteiger partial charge < -0.3 is 15.6 Å². The number of carbonyl (C=O) groups excluding carboxylic acids is 1. The summed E-state index contributed by atoms with van der Waals surface area (Å²) in [6, 6.07) is 6.06. The lowest BCUT2D eigenvalue weighted by Gasteiger charge is -2.20.